The Balaban J connectivity index is 1.85. The number of aliphatic imine (C=N–C) groups is 1. The summed E-state index contributed by atoms with van der Waals surface area (Å²) >= 11 is 0. The predicted octanol–water partition coefficient (Wildman–Crippen LogP) is 2.48. The normalized spacial score (nSPS) is 11.2. The lowest BCUT2D eigenvalue weighted by molar-refractivity contribution is -0.599. The van der Waals surface area contributed by atoms with Gasteiger partial charge in [0.1, 0.15) is 17.4 Å². The highest BCUT2D eigenvalue weighted by Crippen LogP contribution is 2.20. The van der Waals surface area contributed by atoms with Crippen LogP contribution in [0, 0.1) is 22.7 Å². The molecule has 7 heteroatoms. The van der Waals surface area contributed by atoms with E-state index in [1.54, 1.807) is 65.5 Å². The van der Waals surface area contributed by atoms with E-state index in [0.717, 1.165) is 0 Å². The van der Waals surface area contributed by atoms with Crippen molar-refractivity contribution in [2.24, 2.45) is 4.99 Å². The molecule has 2 aromatic heterocycles. The van der Waals surface area contributed by atoms with Crippen LogP contribution in [0.1, 0.15) is 17.2 Å². The van der Waals surface area contributed by atoms with Gasteiger partial charge in [0, 0.05) is 0 Å². The molecule has 0 unspecified atom stereocenters. The standard InChI is InChI=1S/C23H14N6O/c24-13-17(14-25)21-22(28-20-11-5-4-10-19(20)27-21)29-12-6-9-18(15-29)26-23(30)16-7-2-1-3-8-16/h1-12,15,17H. The maximum atomic E-state index is 12.4. The first-order valence-electron chi connectivity index (χ1n) is 9.08. The van der Waals surface area contributed by atoms with E-state index in [0.29, 0.717) is 28.1 Å². The van der Waals surface area contributed by atoms with Gasteiger partial charge in [-0.15, -0.1) is 0 Å². The highest BCUT2D eigenvalue weighted by molar-refractivity contribution is 5.92. The largest absolute Gasteiger partial charge is 0.858 e. The molecule has 0 N–H and O–H groups in total. The molecule has 4 aromatic rings. The number of benzene rings is 2. The minimum absolute atomic E-state index is 0.246. The number of pyridine rings is 1. The monoisotopic (exact) mass is 390 g/mol. The first kappa shape index (κ1) is 18.7. The number of nitrogens with zero attached hydrogens (tertiary/aromatic N) is 6. The Morgan fingerprint density at radius 2 is 1.57 bits per heavy atom. The van der Waals surface area contributed by atoms with E-state index >= 15 is 0 Å². The summed E-state index contributed by atoms with van der Waals surface area (Å²) in [5.41, 5.74) is 2.36. The number of rotatable bonds is 4. The lowest BCUT2D eigenvalue weighted by Crippen LogP contribution is -2.33. The Hall–Kier alpha value is -4.62. The van der Waals surface area contributed by atoms with Crippen LogP contribution in [0.15, 0.2) is 84.1 Å². The number of nitriles is 2. The van der Waals surface area contributed by atoms with Gasteiger partial charge in [-0.3, -0.25) is 4.99 Å². The van der Waals surface area contributed by atoms with Crippen LogP contribution in [0.25, 0.3) is 16.9 Å². The van der Waals surface area contributed by atoms with Gasteiger partial charge in [0.15, 0.2) is 11.6 Å². The van der Waals surface area contributed by atoms with E-state index in [9.17, 15) is 15.6 Å². The van der Waals surface area contributed by atoms with Crippen molar-refractivity contribution in [2.45, 2.75) is 5.92 Å². The molecule has 0 saturated heterocycles. The van der Waals surface area contributed by atoms with Crippen LogP contribution in [0.2, 0.25) is 0 Å². The molecule has 30 heavy (non-hydrogen) atoms. The number of hydrogen-bond donors (Lipinski definition) is 0. The average molecular weight is 390 g/mol. The Morgan fingerprint density at radius 3 is 2.27 bits per heavy atom. The summed E-state index contributed by atoms with van der Waals surface area (Å²) in [5.74, 6) is -1.12. The zero-order chi connectivity index (χ0) is 20.9. The van der Waals surface area contributed by atoms with E-state index in [1.165, 1.54) is 0 Å². The number of fused-ring (bicyclic) bond motifs is 1. The van der Waals surface area contributed by atoms with Crippen LogP contribution in [0.5, 0.6) is 0 Å². The zero-order valence-corrected chi connectivity index (χ0v) is 15.7. The Labute approximate surface area is 172 Å². The van der Waals surface area contributed by atoms with E-state index in [2.05, 4.69) is 15.0 Å². The number of para-hydroxylation sites is 2. The summed E-state index contributed by atoms with van der Waals surface area (Å²) in [5, 5.41) is 31.2. The summed E-state index contributed by atoms with van der Waals surface area (Å²) in [6.07, 6.45) is 3.33. The minimum atomic E-state index is -1.09. The summed E-state index contributed by atoms with van der Waals surface area (Å²) in [4.78, 5) is 13.3. The van der Waals surface area contributed by atoms with E-state index in [4.69, 9.17) is 0 Å². The van der Waals surface area contributed by atoms with Gasteiger partial charge in [-0.2, -0.15) is 15.1 Å². The molecule has 0 bridgehead atoms. The van der Waals surface area contributed by atoms with Crippen LogP contribution < -0.4 is 9.67 Å². The van der Waals surface area contributed by atoms with Crippen LogP contribution in [0.3, 0.4) is 0 Å². The van der Waals surface area contributed by atoms with Crippen molar-refractivity contribution < 1.29 is 9.67 Å². The summed E-state index contributed by atoms with van der Waals surface area (Å²) in [6, 6.07) is 23.3. The molecule has 0 spiro atoms. The van der Waals surface area contributed by atoms with E-state index < -0.39 is 5.92 Å². The fraction of sp³-hybridized carbons (Fsp3) is 0.0435. The Kier molecular flexibility index (Phi) is 5.10. The van der Waals surface area contributed by atoms with Crippen molar-refractivity contribution in [3.8, 4) is 18.0 Å². The molecule has 0 amide bonds. The summed E-state index contributed by atoms with van der Waals surface area (Å²) in [6.45, 7) is 0. The molecule has 0 aliphatic heterocycles. The van der Waals surface area contributed by atoms with Crippen LogP contribution in [-0.4, -0.2) is 15.9 Å². The molecule has 4 rings (SSSR count). The molecule has 142 valence electrons. The maximum Gasteiger partial charge on any atom is 0.352 e. The quantitative estimate of drug-likeness (QED) is 0.302. The third kappa shape index (κ3) is 3.68. The Bertz CT molecular complexity index is 1320. The van der Waals surface area contributed by atoms with E-state index in [-0.39, 0.29) is 11.6 Å². The van der Waals surface area contributed by atoms with Gasteiger partial charge in [-0.25, -0.2) is 4.98 Å². The van der Waals surface area contributed by atoms with Gasteiger partial charge in [-0.05, 0) is 40.7 Å². The smallest absolute Gasteiger partial charge is 0.352 e. The zero-order valence-electron chi connectivity index (χ0n) is 15.7. The van der Waals surface area contributed by atoms with Crippen molar-refractivity contribution in [1.29, 1.82) is 10.5 Å². The molecular formula is C23H14N6O. The van der Waals surface area contributed by atoms with Crippen LogP contribution in [0.4, 0.5) is 5.69 Å². The lowest BCUT2D eigenvalue weighted by Gasteiger charge is -2.10. The van der Waals surface area contributed by atoms with E-state index in [1.807, 2.05) is 30.3 Å². The molecule has 0 atom stereocenters. The fourth-order valence-electron chi connectivity index (χ4n) is 2.96. The molecule has 0 aliphatic carbocycles. The molecular weight excluding hydrogens is 376 g/mol. The van der Waals surface area contributed by atoms with Crippen molar-refractivity contribution in [3.63, 3.8) is 0 Å². The molecule has 7 nitrogen and oxygen atoms in total. The third-order valence-electron chi connectivity index (χ3n) is 4.39. The van der Waals surface area contributed by atoms with Crippen molar-refractivity contribution in [1.82, 2.24) is 9.97 Å². The van der Waals surface area contributed by atoms with Gasteiger partial charge in [0.25, 0.3) is 0 Å². The summed E-state index contributed by atoms with van der Waals surface area (Å²) in [7, 11) is 0. The van der Waals surface area contributed by atoms with Gasteiger partial charge in [0.05, 0.1) is 18.3 Å². The first-order chi connectivity index (χ1) is 14.7. The van der Waals surface area contributed by atoms with Crippen LogP contribution in [-0.2, 0) is 0 Å². The van der Waals surface area contributed by atoms with Gasteiger partial charge in [0.2, 0.25) is 5.52 Å². The second kappa shape index (κ2) is 8.17. The van der Waals surface area contributed by atoms with Crippen molar-refractivity contribution in [2.75, 3.05) is 0 Å². The predicted molar refractivity (Wildman–Crippen MR) is 108 cm³/mol. The van der Waals surface area contributed by atoms with Crippen LogP contribution >= 0.6 is 0 Å². The molecule has 2 aromatic carbocycles. The maximum absolute atomic E-state index is 12.4. The molecule has 0 radical (unpaired) electrons. The third-order valence-corrected chi connectivity index (χ3v) is 4.39. The van der Waals surface area contributed by atoms with Crippen molar-refractivity contribution >= 4 is 22.6 Å². The first-order valence-corrected chi connectivity index (χ1v) is 9.08. The molecule has 0 aliphatic rings. The number of hydrogen-bond acceptors (Lipinski definition) is 6. The molecule has 0 saturated carbocycles. The second-order valence-corrected chi connectivity index (χ2v) is 6.36. The topological polar surface area (TPSA) is 113 Å². The van der Waals surface area contributed by atoms with Gasteiger partial charge >= 0.3 is 5.82 Å². The summed E-state index contributed by atoms with van der Waals surface area (Å²) < 4.78 is 1.62. The van der Waals surface area contributed by atoms with Gasteiger partial charge < -0.3 is 5.11 Å². The fourth-order valence-corrected chi connectivity index (χ4v) is 2.96. The highest BCUT2D eigenvalue weighted by Gasteiger charge is 2.26. The van der Waals surface area contributed by atoms with Crippen molar-refractivity contribution in [3.05, 3.63) is 90.4 Å². The number of aromatic nitrogens is 3. The minimum Gasteiger partial charge on any atom is -0.858 e. The molecule has 2 heterocycles. The average Bonchev–Trinajstić information content (AvgIpc) is 2.80. The SMILES string of the molecule is N#CC(C#N)c1nc2ccccc2nc1-[n+]1cccc(N=C([O-])c2ccccc2)c1. The second-order valence-electron chi connectivity index (χ2n) is 6.36. The highest BCUT2D eigenvalue weighted by atomic mass is 16.3. The lowest BCUT2D eigenvalue weighted by atomic mass is 10.1. The Morgan fingerprint density at radius 1 is 0.900 bits per heavy atom. The molecule has 0 fully saturated rings. The van der Waals surface area contributed by atoms with Gasteiger partial charge in [-0.1, -0.05) is 42.5 Å².